The van der Waals surface area contributed by atoms with Crippen molar-refractivity contribution >= 4 is 17.2 Å². The van der Waals surface area contributed by atoms with E-state index in [1.54, 1.807) is 0 Å². The SMILES string of the molecule is Cc1nsc(-c2ccc(C)c(N)c2)n1. The van der Waals surface area contributed by atoms with E-state index in [9.17, 15) is 0 Å². The van der Waals surface area contributed by atoms with Crippen LogP contribution in [0.3, 0.4) is 0 Å². The quantitative estimate of drug-likeness (QED) is 0.727. The summed E-state index contributed by atoms with van der Waals surface area (Å²) in [6, 6.07) is 5.96. The van der Waals surface area contributed by atoms with Gasteiger partial charge in [-0.25, -0.2) is 4.98 Å². The number of anilines is 1. The lowest BCUT2D eigenvalue weighted by molar-refractivity contribution is 1.17. The maximum atomic E-state index is 5.82. The molecule has 2 N–H and O–H groups in total. The molecule has 0 saturated heterocycles. The summed E-state index contributed by atoms with van der Waals surface area (Å²) in [7, 11) is 0. The number of aryl methyl sites for hydroxylation is 2. The summed E-state index contributed by atoms with van der Waals surface area (Å²) in [5.41, 5.74) is 8.76. The third kappa shape index (κ3) is 1.61. The first kappa shape index (κ1) is 9.15. The van der Waals surface area contributed by atoms with Crippen molar-refractivity contribution in [3.63, 3.8) is 0 Å². The van der Waals surface area contributed by atoms with Crippen molar-refractivity contribution in [3.05, 3.63) is 29.6 Å². The van der Waals surface area contributed by atoms with Crippen LogP contribution in [0.4, 0.5) is 5.69 Å². The highest BCUT2D eigenvalue weighted by atomic mass is 32.1. The Labute approximate surface area is 86.8 Å². The number of nitrogens with zero attached hydrogens (tertiary/aromatic N) is 2. The van der Waals surface area contributed by atoms with Gasteiger partial charge in [0.1, 0.15) is 10.8 Å². The van der Waals surface area contributed by atoms with E-state index in [1.807, 2.05) is 32.0 Å². The predicted octanol–water partition coefficient (Wildman–Crippen LogP) is 2.40. The van der Waals surface area contributed by atoms with Gasteiger partial charge in [-0.3, -0.25) is 0 Å². The maximum Gasteiger partial charge on any atom is 0.144 e. The number of rotatable bonds is 1. The van der Waals surface area contributed by atoms with Crippen LogP contribution in [0.1, 0.15) is 11.4 Å². The largest absolute Gasteiger partial charge is 0.398 e. The number of aromatic nitrogens is 2. The lowest BCUT2D eigenvalue weighted by atomic mass is 10.1. The summed E-state index contributed by atoms with van der Waals surface area (Å²) in [4.78, 5) is 4.30. The maximum absolute atomic E-state index is 5.82. The van der Waals surface area contributed by atoms with E-state index in [0.717, 1.165) is 27.6 Å². The Kier molecular flexibility index (Phi) is 2.21. The van der Waals surface area contributed by atoms with Gasteiger partial charge in [0.15, 0.2) is 0 Å². The molecule has 1 heterocycles. The number of hydrogen-bond acceptors (Lipinski definition) is 4. The number of nitrogen functional groups attached to an aromatic ring is 1. The molecule has 4 heteroatoms. The van der Waals surface area contributed by atoms with Crippen molar-refractivity contribution in [1.82, 2.24) is 9.36 Å². The van der Waals surface area contributed by atoms with Gasteiger partial charge in [-0.1, -0.05) is 12.1 Å². The molecular formula is C10H11N3S. The molecule has 3 nitrogen and oxygen atoms in total. The van der Waals surface area contributed by atoms with Gasteiger partial charge in [0.25, 0.3) is 0 Å². The third-order valence-electron chi connectivity index (χ3n) is 2.05. The fourth-order valence-electron chi connectivity index (χ4n) is 1.19. The zero-order chi connectivity index (χ0) is 10.1. The minimum absolute atomic E-state index is 0.801. The standard InChI is InChI=1S/C10H11N3S/c1-6-3-4-8(5-9(6)11)10-12-7(2)13-14-10/h3-5H,11H2,1-2H3. The van der Waals surface area contributed by atoms with Crippen LogP contribution < -0.4 is 5.73 Å². The summed E-state index contributed by atoms with van der Waals surface area (Å²) in [6.45, 7) is 3.88. The van der Waals surface area contributed by atoms with E-state index in [-0.39, 0.29) is 0 Å². The molecule has 0 amide bonds. The molecule has 2 rings (SSSR count). The van der Waals surface area contributed by atoms with Crippen LogP contribution in [0, 0.1) is 13.8 Å². The van der Waals surface area contributed by atoms with E-state index in [0.29, 0.717) is 0 Å². The summed E-state index contributed by atoms with van der Waals surface area (Å²) in [5, 5.41) is 0.925. The third-order valence-corrected chi connectivity index (χ3v) is 2.91. The Bertz CT molecular complexity index is 462. The van der Waals surface area contributed by atoms with Crippen LogP contribution in [0.15, 0.2) is 18.2 Å². The molecule has 0 fully saturated rings. The normalized spacial score (nSPS) is 10.4. The molecule has 1 aromatic carbocycles. The topological polar surface area (TPSA) is 51.8 Å². The Morgan fingerprint density at radius 2 is 2.07 bits per heavy atom. The molecule has 0 atom stereocenters. The number of hydrogen-bond donors (Lipinski definition) is 1. The highest BCUT2D eigenvalue weighted by molar-refractivity contribution is 7.09. The zero-order valence-corrected chi connectivity index (χ0v) is 8.93. The Hall–Kier alpha value is -1.42. The van der Waals surface area contributed by atoms with Crippen molar-refractivity contribution in [2.75, 3.05) is 5.73 Å². The molecule has 0 aliphatic carbocycles. The van der Waals surface area contributed by atoms with Gasteiger partial charge >= 0.3 is 0 Å². The molecule has 0 aliphatic heterocycles. The minimum atomic E-state index is 0.801. The van der Waals surface area contributed by atoms with Crippen molar-refractivity contribution in [2.24, 2.45) is 0 Å². The van der Waals surface area contributed by atoms with E-state index >= 15 is 0 Å². The van der Waals surface area contributed by atoms with Crippen molar-refractivity contribution < 1.29 is 0 Å². The fraction of sp³-hybridized carbons (Fsp3) is 0.200. The first-order valence-electron chi connectivity index (χ1n) is 4.33. The van der Waals surface area contributed by atoms with Gasteiger partial charge < -0.3 is 5.73 Å². The van der Waals surface area contributed by atoms with Crippen LogP contribution in [0.2, 0.25) is 0 Å². The molecule has 0 saturated carbocycles. The minimum Gasteiger partial charge on any atom is -0.398 e. The van der Waals surface area contributed by atoms with Gasteiger partial charge in [0.05, 0.1) is 0 Å². The second-order valence-electron chi connectivity index (χ2n) is 3.22. The second-order valence-corrected chi connectivity index (χ2v) is 3.97. The summed E-state index contributed by atoms with van der Waals surface area (Å²) >= 11 is 1.40. The van der Waals surface area contributed by atoms with Crippen molar-refractivity contribution in [1.29, 1.82) is 0 Å². The van der Waals surface area contributed by atoms with Gasteiger partial charge in [0.2, 0.25) is 0 Å². The van der Waals surface area contributed by atoms with Gasteiger partial charge in [0, 0.05) is 11.3 Å². The Morgan fingerprint density at radius 1 is 1.29 bits per heavy atom. The molecule has 0 unspecified atom stereocenters. The monoisotopic (exact) mass is 205 g/mol. The van der Waals surface area contributed by atoms with E-state index in [2.05, 4.69) is 9.36 Å². The van der Waals surface area contributed by atoms with Gasteiger partial charge in [-0.15, -0.1) is 0 Å². The highest BCUT2D eigenvalue weighted by Gasteiger charge is 2.04. The van der Waals surface area contributed by atoms with E-state index in [1.165, 1.54) is 11.5 Å². The molecule has 0 bridgehead atoms. The summed E-state index contributed by atoms with van der Waals surface area (Å²) < 4.78 is 4.13. The summed E-state index contributed by atoms with van der Waals surface area (Å²) in [6.07, 6.45) is 0. The molecule has 0 spiro atoms. The molecule has 72 valence electrons. The zero-order valence-electron chi connectivity index (χ0n) is 8.11. The lowest BCUT2D eigenvalue weighted by Gasteiger charge is -2.01. The first-order valence-corrected chi connectivity index (χ1v) is 5.11. The molecule has 2 aromatic rings. The smallest absolute Gasteiger partial charge is 0.144 e. The van der Waals surface area contributed by atoms with Gasteiger partial charge in [-0.2, -0.15) is 4.37 Å². The predicted molar refractivity (Wildman–Crippen MR) is 59.2 cm³/mol. The van der Waals surface area contributed by atoms with Crippen LogP contribution in [0.5, 0.6) is 0 Å². The lowest BCUT2D eigenvalue weighted by Crippen LogP contribution is -1.89. The molecule has 14 heavy (non-hydrogen) atoms. The molecular weight excluding hydrogens is 194 g/mol. The van der Waals surface area contributed by atoms with Crippen molar-refractivity contribution in [3.8, 4) is 10.6 Å². The number of nitrogens with two attached hydrogens (primary N) is 1. The molecule has 0 aliphatic rings. The van der Waals surface area contributed by atoms with Crippen LogP contribution >= 0.6 is 11.5 Å². The fourth-order valence-corrected chi connectivity index (χ4v) is 1.85. The van der Waals surface area contributed by atoms with E-state index < -0.39 is 0 Å². The van der Waals surface area contributed by atoms with Crippen LogP contribution in [-0.4, -0.2) is 9.36 Å². The Balaban J connectivity index is 2.47. The molecule has 0 radical (unpaired) electrons. The Morgan fingerprint density at radius 3 is 2.64 bits per heavy atom. The first-order chi connectivity index (χ1) is 6.66. The summed E-state index contributed by atoms with van der Waals surface area (Å²) in [5.74, 6) is 0.809. The van der Waals surface area contributed by atoms with Crippen LogP contribution in [0.25, 0.3) is 10.6 Å². The van der Waals surface area contributed by atoms with Crippen molar-refractivity contribution in [2.45, 2.75) is 13.8 Å². The average molecular weight is 205 g/mol. The molecule has 1 aromatic heterocycles. The number of benzene rings is 1. The van der Waals surface area contributed by atoms with Crippen LogP contribution in [-0.2, 0) is 0 Å². The van der Waals surface area contributed by atoms with Gasteiger partial charge in [-0.05, 0) is 37.0 Å². The second kappa shape index (κ2) is 3.38. The highest BCUT2D eigenvalue weighted by Crippen LogP contribution is 2.24. The van der Waals surface area contributed by atoms with E-state index in [4.69, 9.17) is 5.73 Å². The average Bonchev–Trinajstić information content (AvgIpc) is 2.57.